The van der Waals surface area contributed by atoms with E-state index in [1.54, 1.807) is 0 Å². The Morgan fingerprint density at radius 1 is 1.50 bits per heavy atom. The van der Waals surface area contributed by atoms with Crippen molar-refractivity contribution in [2.45, 2.75) is 33.1 Å². The second kappa shape index (κ2) is 6.33. The number of thioether (sulfide) groups is 1. The highest BCUT2D eigenvalue weighted by Crippen LogP contribution is 2.20. The van der Waals surface area contributed by atoms with Crippen molar-refractivity contribution in [3.8, 4) is 0 Å². The molecule has 0 aliphatic carbocycles. The average Bonchev–Trinajstić information content (AvgIpc) is 2.54. The van der Waals surface area contributed by atoms with Gasteiger partial charge >= 0.3 is 0 Å². The summed E-state index contributed by atoms with van der Waals surface area (Å²) >= 11 is 1.96. The highest BCUT2D eigenvalue weighted by Gasteiger charge is 2.27. The number of likely N-dealkylation sites (tertiary alicyclic amines) is 1. The van der Waals surface area contributed by atoms with Crippen molar-refractivity contribution >= 4 is 17.7 Å². The number of rotatable bonds is 6. The van der Waals surface area contributed by atoms with Crippen molar-refractivity contribution in [1.82, 2.24) is 4.90 Å². The zero-order chi connectivity index (χ0) is 10.4. The minimum absolute atomic E-state index is 0.373. The first-order chi connectivity index (χ1) is 6.77. The van der Waals surface area contributed by atoms with E-state index in [4.69, 9.17) is 0 Å². The standard InChI is InChI=1S/C11H21NOS/c1-3-10-8-11(13)12(9-10)6-5-7-14-4-2/h10H,3-9H2,1-2H3. The van der Waals surface area contributed by atoms with Gasteiger partial charge in [0, 0.05) is 19.5 Å². The quantitative estimate of drug-likeness (QED) is 0.634. The molecule has 1 amide bonds. The lowest BCUT2D eigenvalue weighted by molar-refractivity contribution is -0.127. The molecule has 2 nitrogen and oxygen atoms in total. The fraction of sp³-hybridized carbons (Fsp3) is 0.909. The zero-order valence-corrected chi connectivity index (χ0v) is 10.1. The van der Waals surface area contributed by atoms with Gasteiger partial charge in [0.05, 0.1) is 0 Å². The second-order valence-electron chi connectivity index (χ2n) is 3.87. The Labute approximate surface area is 91.4 Å². The maximum Gasteiger partial charge on any atom is 0.222 e. The fourth-order valence-corrected chi connectivity index (χ4v) is 2.47. The number of hydrogen-bond acceptors (Lipinski definition) is 2. The van der Waals surface area contributed by atoms with Crippen LogP contribution in [-0.2, 0) is 4.79 Å². The predicted molar refractivity (Wildman–Crippen MR) is 62.6 cm³/mol. The molecule has 1 aliphatic rings. The Balaban J connectivity index is 2.15. The molecule has 0 aromatic heterocycles. The predicted octanol–water partition coefficient (Wildman–Crippen LogP) is 2.39. The van der Waals surface area contributed by atoms with E-state index in [0.29, 0.717) is 11.8 Å². The average molecular weight is 215 g/mol. The Morgan fingerprint density at radius 2 is 2.29 bits per heavy atom. The van der Waals surface area contributed by atoms with Crippen LogP contribution in [0.15, 0.2) is 0 Å². The van der Waals surface area contributed by atoms with Crippen molar-refractivity contribution in [1.29, 1.82) is 0 Å². The van der Waals surface area contributed by atoms with E-state index < -0.39 is 0 Å². The van der Waals surface area contributed by atoms with Gasteiger partial charge < -0.3 is 4.90 Å². The van der Waals surface area contributed by atoms with Gasteiger partial charge in [-0.2, -0.15) is 11.8 Å². The molecule has 0 spiro atoms. The van der Waals surface area contributed by atoms with Crippen molar-refractivity contribution in [3.05, 3.63) is 0 Å². The number of hydrogen-bond donors (Lipinski definition) is 0. The van der Waals surface area contributed by atoms with Gasteiger partial charge in [0.2, 0.25) is 5.91 Å². The monoisotopic (exact) mass is 215 g/mol. The first-order valence-electron chi connectivity index (χ1n) is 5.63. The number of amides is 1. The van der Waals surface area contributed by atoms with Crippen LogP contribution in [0.1, 0.15) is 33.1 Å². The second-order valence-corrected chi connectivity index (χ2v) is 5.26. The van der Waals surface area contributed by atoms with Crippen LogP contribution in [0.25, 0.3) is 0 Å². The lowest BCUT2D eigenvalue weighted by Crippen LogP contribution is -2.26. The summed E-state index contributed by atoms with van der Waals surface area (Å²) in [5, 5.41) is 0. The molecule has 0 aromatic carbocycles. The van der Waals surface area contributed by atoms with Gasteiger partial charge in [0.15, 0.2) is 0 Å². The maximum atomic E-state index is 11.5. The van der Waals surface area contributed by atoms with Crippen LogP contribution in [-0.4, -0.2) is 35.4 Å². The van der Waals surface area contributed by atoms with Crippen molar-refractivity contribution in [2.75, 3.05) is 24.6 Å². The van der Waals surface area contributed by atoms with Gasteiger partial charge in [-0.3, -0.25) is 4.79 Å². The minimum atomic E-state index is 0.373. The summed E-state index contributed by atoms with van der Waals surface area (Å²) in [6.45, 7) is 6.33. The summed E-state index contributed by atoms with van der Waals surface area (Å²) in [5.41, 5.74) is 0. The van der Waals surface area contributed by atoms with E-state index in [0.717, 1.165) is 32.4 Å². The molecule has 1 aliphatic heterocycles. The third kappa shape index (κ3) is 3.52. The van der Waals surface area contributed by atoms with E-state index in [9.17, 15) is 4.79 Å². The minimum Gasteiger partial charge on any atom is -0.342 e. The molecule has 1 atom stereocenters. The van der Waals surface area contributed by atoms with Gasteiger partial charge in [0.1, 0.15) is 0 Å². The summed E-state index contributed by atoms with van der Waals surface area (Å²) in [4.78, 5) is 13.6. The molecule has 1 unspecified atom stereocenters. The van der Waals surface area contributed by atoms with Crippen LogP contribution in [0, 0.1) is 5.92 Å². The lowest BCUT2D eigenvalue weighted by atomic mass is 10.1. The molecule has 1 heterocycles. The first-order valence-corrected chi connectivity index (χ1v) is 6.78. The molecule has 0 saturated carbocycles. The van der Waals surface area contributed by atoms with Crippen LogP contribution in [0.2, 0.25) is 0 Å². The number of carbonyl (C=O) groups excluding carboxylic acids is 1. The molecule has 0 aromatic rings. The van der Waals surface area contributed by atoms with Gasteiger partial charge in [-0.1, -0.05) is 20.3 Å². The fourth-order valence-electron chi connectivity index (χ4n) is 1.85. The van der Waals surface area contributed by atoms with E-state index in [1.807, 2.05) is 16.7 Å². The van der Waals surface area contributed by atoms with Gasteiger partial charge in [-0.05, 0) is 23.8 Å². The Bertz CT molecular complexity index is 184. The first kappa shape index (κ1) is 11.9. The third-order valence-corrected chi connectivity index (χ3v) is 3.78. The highest BCUT2D eigenvalue weighted by molar-refractivity contribution is 7.99. The molecule has 0 radical (unpaired) electrons. The van der Waals surface area contributed by atoms with Crippen molar-refractivity contribution in [2.24, 2.45) is 5.92 Å². The molecule has 14 heavy (non-hydrogen) atoms. The zero-order valence-electron chi connectivity index (χ0n) is 9.29. The summed E-state index contributed by atoms with van der Waals surface area (Å²) in [7, 11) is 0. The highest BCUT2D eigenvalue weighted by atomic mass is 32.2. The van der Waals surface area contributed by atoms with E-state index in [-0.39, 0.29) is 0 Å². The SMILES string of the molecule is CCSCCCN1CC(CC)CC1=O. The Morgan fingerprint density at radius 3 is 2.86 bits per heavy atom. The summed E-state index contributed by atoms with van der Waals surface area (Å²) in [5.74, 6) is 3.38. The van der Waals surface area contributed by atoms with Crippen LogP contribution >= 0.6 is 11.8 Å². The van der Waals surface area contributed by atoms with E-state index in [2.05, 4.69) is 13.8 Å². The number of nitrogens with zero attached hydrogens (tertiary/aromatic N) is 1. The maximum absolute atomic E-state index is 11.5. The van der Waals surface area contributed by atoms with Crippen molar-refractivity contribution in [3.63, 3.8) is 0 Å². The molecule has 1 saturated heterocycles. The molecule has 82 valence electrons. The summed E-state index contributed by atoms with van der Waals surface area (Å²) in [6, 6.07) is 0. The summed E-state index contributed by atoms with van der Waals surface area (Å²) < 4.78 is 0. The van der Waals surface area contributed by atoms with Gasteiger partial charge in [-0.15, -0.1) is 0 Å². The molecule has 0 N–H and O–H groups in total. The molecule has 3 heteroatoms. The largest absolute Gasteiger partial charge is 0.342 e. The van der Waals surface area contributed by atoms with Gasteiger partial charge in [-0.25, -0.2) is 0 Å². The van der Waals surface area contributed by atoms with Gasteiger partial charge in [0.25, 0.3) is 0 Å². The molecule has 1 rings (SSSR count). The van der Waals surface area contributed by atoms with Crippen LogP contribution in [0.4, 0.5) is 0 Å². The molecular formula is C11H21NOS. The smallest absolute Gasteiger partial charge is 0.222 e. The molecule has 0 bridgehead atoms. The Hall–Kier alpha value is -0.180. The van der Waals surface area contributed by atoms with Crippen LogP contribution in [0.3, 0.4) is 0 Å². The normalized spacial score (nSPS) is 22.0. The topological polar surface area (TPSA) is 20.3 Å². The van der Waals surface area contributed by atoms with Crippen LogP contribution in [0.5, 0.6) is 0 Å². The molecular weight excluding hydrogens is 194 g/mol. The number of carbonyl (C=O) groups is 1. The third-order valence-electron chi connectivity index (χ3n) is 2.79. The molecule has 1 fully saturated rings. The van der Waals surface area contributed by atoms with Crippen molar-refractivity contribution < 1.29 is 4.79 Å². The van der Waals surface area contributed by atoms with E-state index in [1.165, 1.54) is 11.5 Å². The Kier molecular flexibility index (Phi) is 5.38. The summed E-state index contributed by atoms with van der Waals surface area (Å²) in [6.07, 6.45) is 3.09. The lowest BCUT2D eigenvalue weighted by Gasteiger charge is -2.15. The van der Waals surface area contributed by atoms with Crippen LogP contribution < -0.4 is 0 Å². The van der Waals surface area contributed by atoms with E-state index >= 15 is 0 Å².